The zero-order chi connectivity index (χ0) is 16.7. The number of carbonyl (C=O) groups excluding carboxylic acids is 1. The number of aryl methyl sites for hydroxylation is 1. The Morgan fingerprint density at radius 2 is 1.87 bits per heavy atom. The summed E-state index contributed by atoms with van der Waals surface area (Å²) in [5, 5.41) is 3.22. The summed E-state index contributed by atoms with van der Waals surface area (Å²) in [6.07, 6.45) is 5.06. The standard InChI is InChI=1S/C20H32N2O/c1-16(2)19-7-4-17(5-8-19)6-9-20(23)22-14-11-18(12-15-22)10-13-21-3/h4-5,7-8,16,18,21H,6,9-15H2,1-3H3. The Kier molecular flexibility index (Phi) is 7.10. The minimum Gasteiger partial charge on any atom is -0.343 e. The van der Waals surface area contributed by atoms with Crippen LogP contribution in [0, 0.1) is 5.92 Å². The summed E-state index contributed by atoms with van der Waals surface area (Å²) in [6.45, 7) is 7.39. The molecular weight excluding hydrogens is 284 g/mol. The fourth-order valence-electron chi connectivity index (χ4n) is 3.30. The number of nitrogens with one attached hydrogen (secondary N) is 1. The van der Waals surface area contributed by atoms with Crippen LogP contribution in [0.3, 0.4) is 0 Å². The number of hydrogen-bond acceptors (Lipinski definition) is 2. The number of piperidine rings is 1. The lowest BCUT2D eigenvalue weighted by atomic mass is 9.93. The highest BCUT2D eigenvalue weighted by molar-refractivity contribution is 5.76. The van der Waals surface area contributed by atoms with Gasteiger partial charge in [0.2, 0.25) is 5.91 Å². The number of likely N-dealkylation sites (tertiary alicyclic amines) is 1. The quantitative estimate of drug-likeness (QED) is 0.834. The monoisotopic (exact) mass is 316 g/mol. The Labute approximate surface area is 141 Å². The van der Waals surface area contributed by atoms with Crippen LogP contribution < -0.4 is 5.32 Å². The number of rotatable bonds is 7. The lowest BCUT2D eigenvalue weighted by molar-refractivity contribution is -0.132. The molecule has 1 heterocycles. The largest absolute Gasteiger partial charge is 0.343 e. The van der Waals surface area contributed by atoms with Crippen LogP contribution in [0.1, 0.15) is 56.6 Å². The molecule has 1 aliphatic heterocycles. The summed E-state index contributed by atoms with van der Waals surface area (Å²) in [7, 11) is 2.01. The van der Waals surface area contributed by atoms with Gasteiger partial charge in [0.05, 0.1) is 0 Å². The van der Waals surface area contributed by atoms with Gasteiger partial charge >= 0.3 is 0 Å². The van der Waals surface area contributed by atoms with Crippen molar-refractivity contribution in [1.29, 1.82) is 0 Å². The van der Waals surface area contributed by atoms with Crippen LogP contribution >= 0.6 is 0 Å². The van der Waals surface area contributed by atoms with Crippen molar-refractivity contribution in [3.8, 4) is 0 Å². The molecule has 3 heteroatoms. The second-order valence-corrected chi connectivity index (χ2v) is 7.11. The summed E-state index contributed by atoms with van der Waals surface area (Å²) in [6, 6.07) is 8.73. The smallest absolute Gasteiger partial charge is 0.222 e. The van der Waals surface area contributed by atoms with E-state index >= 15 is 0 Å². The van der Waals surface area contributed by atoms with Crippen molar-refractivity contribution in [2.75, 3.05) is 26.7 Å². The Balaban J connectivity index is 1.73. The lowest BCUT2D eigenvalue weighted by Crippen LogP contribution is -2.39. The first kappa shape index (κ1) is 18.0. The van der Waals surface area contributed by atoms with Crippen LogP contribution in [0.15, 0.2) is 24.3 Å². The van der Waals surface area contributed by atoms with E-state index < -0.39 is 0 Å². The Hall–Kier alpha value is -1.35. The minimum absolute atomic E-state index is 0.324. The van der Waals surface area contributed by atoms with Crippen LogP contribution in [0.5, 0.6) is 0 Å². The first-order chi connectivity index (χ1) is 11.1. The maximum absolute atomic E-state index is 12.4. The molecule has 0 atom stereocenters. The molecule has 1 aliphatic rings. The molecule has 2 rings (SSSR count). The van der Waals surface area contributed by atoms with Gasteiger partial charge in [-0.05, 0) is 62.2 Å². The number of carbonyl (C=O) groups is 1. The van der Waals surface area contributed by atoms with E-state index in [4.69, 9.17) is 0 Å². The van der Waals surface area contributed by atoms with E-state index in [1.54, 1.807) is 0 Å². The van der Waals surface area contributed by atoms with Crippen molar-refractivity contribution in [2.45, 2.75) is 51.9 Å². The molecule has 1 amide bonds. The molecule has 1 N–H and O–H groups in total. The minimum atomic E-state index is 0.324. The fraction of sp³-hybridized carbons (Fsp3) is 0.650. The maximum atomic E-state index is 12.4. The van der Waals surface area contributed by atoms with E-state index in [0.29, 0.717) is 18.2 Å². The molecule has 1 aromatic rings. The predicted octanol–water partition coefficient (Wildman–Crippen LogP) is 3.59. The van der Waals surface area contributed by atoms with E-state index in [-0.39, 0.29) is 0 Å². The summed E-state index contributed by atoms with van der Waals surface area (Å²) >= 11 is 0. The third-order valence-corrected chi connectivity index (χ3v) is 5.04. The molecule has 0 saturated carbocycles. The van der Waals surface area contributed by atoms with Crippen LogP contribution in [0.25, 0.3) is 0 Å². The van der Waals surface area contributed by atoms with Gasteiger partial charge in [-0.25, -0.2) is 0 Å². The van der Waals surface area contributed by atoms with Gasteiger partial charge in [0, 0.05) is 19.5 Å². The van der Waals surface area contributed by atoms with E-state index in [1.807, 2.05) is 7.05 Å². The number of amides is 1. The number of benzene rings is 1. The molecule has 0 unspecified atom stereocenters. The van der Waals surface area contributed by atoms with Crippen LogP contribution in [0.2, 0.25) is 0 Å². The number of nitrogens with zero attached hydrogens (tertiary/aromatic N) is 1. The van der Waals surface area contributed by atoms with Crippen LogP contribution in [0.4, 0.5) is 0 Å². The Morgan fingerprint density at radius 3 is 2.43 bits per heavy atom. The first-order valence-electron chi connectivity index (χ1n) is 9.11. The molecule has 0 bridgehead atoms. The first-order valence-corrected chi connectivity index (χ1v) is 9.11. The topological polar surface area (TPSA) is 32.3 Å². The molecule has 1 aromatic carbocycles. The molecule has 1 saturated heterocycles. The van der Waals surface area contributed by atoms with E-state index in [0.717, 1.165) is 44.8 Å². The zero-order valence-electron chi connectivity index (χ0n) is 15.0. The molecule has 0 radical (unpaired) electrons. The van der Waals surface area contributed by atoms with Crippen molar-refractivity contribution in [1.82, 2.24) is 10.2 Å². The van der Waals surface area contributed by atoms with Gasteiger partial charge in [0.1, 0.15) is 0 Å². The average Bonchev–Trinajstić information content (AvgIpc) is 2.58. The lowest BCUT2D eigenvalue weighted by Gasteiger charge is -2.32. The van der Waals surface area contributed by atoms with Crippen molar-refractivity contribution in [2.24, 2.45) is 5.92 Å². The molecule has 3 nitrogen and oxygen atoms in total. The van der Waals surface area contributed by atoms with E-state index in [1.165, 1.54) is 17.5 Å². The van der Waals surface area contributed by atoms with Crippen molar-refractivity contribution in [3.63, 3.8) is 0 Å². The van der Waals surface area contributed by atoms with Gasteiger partial charge < -0.3 is 10.2 Å². The van der Waals surface area contributed by atoms with Gasteiger partial charge in [0.25, 0.3) is 0 Å². The van der Waals surface area contributed by atoms with E-state index in [2.05, 4.69) is 48.3 Å². The fourth-order valence-corrected chi connectivity index (χ4v) is 3.30. The predicted molar refractivity (Wildman–Crippen MR) is 96.7 cm³/mol. The maximum Gasteiger partial charge on any atom is 0.222 e. The molecule has 0 spiro atoms. The van der Waals surface area contributed by atoms with Gasteiger partial charge in [-0.15, -0.1) is 0 Å². The Morgan fingerprint density at radius 1 is 1.22 bits per heavy atom. The molecule has 128 valence electrons. The summed E-state index contributed by atoms with van der Waals surface area (Å²) < 4.78 is 0. The van der Waals surface area contributed by atoms with Crippen molar-refractivity contribution < 1.29 is 4.79 Å². The summed E-state index contributed by atoms with van der Waals surface area (Å²) in [5.74, 6) is 1.68. The van der Waals surface area contributed by atoms with Gasteiger partial charge in [0.15, 0.2) is 0 Å². The SMILES string of the molecule is CNCCC1CCN(C(=O)CCc2ccc(C(C)C)cc2)CC1. The number of hydrogen-bond donors (Lipinski definition) is 1. The Bertz CT molecular complexity index is 473. The molecule has 0 aromatic heterocycles. The van der Waals surface area contributed by atoms with Gasteiger partial charge in [-0.1, -0.05) is 38.1 Å². The molecule has 1 fully saturated rings. The molecular formula is C20H32N2O. The molecule has 23 heavy (non-hydrogen) atoms. The van der Waals surface area contributed by atoms with E-state index in [9.17, 15) is 4.79 Å². The third-order valence-electron chi connectivity index (χ3n) is 5.04. The highest BCUT2D eigenvalue weighted by Gasteiger charge is 2.22. The highest BCUT2D eigenvalue weighted by atomic mass is 16.2. The third kappa shape index (κ3) is 5.65. The second-order valence-electron chi connectivity index (χ2n) is 7.11. The summed E-state index contributed by atoms with van der Waals surface area (Å²) in [5.41, 5.74) is 2.63. The zero-order valence-corrected chi connectivity index (χ0v) is 15.0. The van der Waals surface area contributed by atoms with Gasteiger partial charge in [-0.2, -0.15) is 0 Å². The van der Waals surface area contributed by atoms with Crippen molar-refractivity contribution in [3.05, 3.63) is 35.4 Å². The van der Waals surface area contributed by atoms with Crippen LogP contribution in [-0.4, -0.2) is 37.5 Å². The molecule has 0 aliphatic carbocycles. The average molecular weight is 316 g/mol. The summed E-state index contributed by atoms with van der Waals surface area (Å²) in [4.78, 5) is 14.4. The van der Waals surface area contributed by atoms with Crippen molar-refractivity contribution >= 4 is 5.91 Å². The normalized spacial score (nSPS) is 16.1. The second kappa shape index (κ2) is 9.07. The van der Waals surface area contributed by atoms with Gasteiger partial charge in [-0.3, -0.25) is 4.79 Å². The highest BCUT2D eigenvalue weighted by Crippen LogP contribution is 2.21. The van der Waals surface area contributed by atoms with Crippen LogP contribution in [-0.2, 0) is 11.2 Å².